The zero-order valence-corrected chi connectivity index (χ0v) is 21.5. The first-order chi connectivity index (χ1) is 18.0. The number of nitrogens with one attached hydrogen (secondary N) is 3. The molecule has 37 heavy (non-hydrogen) atoms. The van der Waals surface area contributed by atoms with E-state index in [0.29, 0.717) is 28.4 Å². The van der Waals surface area contributed by atoms with Crippen molar-refractivity contribution in [2.75, 3.05) is 55.3 Å². The van der Waals surface area contributed by atoms with E-state index in [2.05, 4.69) is 20.9 Å². The number of rotatable bonds is 7. The number of anilines is 3. The van der Waals surface area contributed by atoms with Gasteiger partial charge in [0.2, 0.25) is 5.91 Å². The quantitative estimate of drug-likeness (QED) is 0.403. The largest absolute Gasteiger partial charge is 0.354 e. The van der Waals surface area contributed by atoms with Crippen LogP contribution in [0.5, 0.6) is 0 Å². The van der Waals surface area contributed by atoms with Crippen molar-refractivity contribution in [1.82, 2.24) is 10.2 Å². The normalized spacial score (nSPS) is 16.6. The first-order valence-electron chi connectivity index (χ1n) is 12.5. The molecule has 2 amide bonds. The maximum Gasteiger partial charge on any atom is 0.258 e. The summed E-state index contributed by atoms with van der Waals surface area (Å²) in [5.74, 6) is -0.0979. The standard InChI is InChI=1S/C29H30ClN5O2/c1-34(26(36)13-16-35-17-14-31-15-18-35)23-10-8-22(9-11-23)32-28(20-5-3-2-4-6-20)27-24-12-7-21(30)19-25(24)33-29(27)37/h2-12,19,31-32H,13-18H2,1H3,(H,33,37). The number of hydrogen-bond donors (Lipinski definition) is 3. The molecule has 0 unspecified atom stereocenters. The van der Waals surface area contributed by atoms with E-state index < -0.39 is 0 Å². The highest BCUT2D eigenvalue weighted by atomic mass is 35.5. The Morgan fingerprint density at radius 2 is 1.76 bits per heavy atom. The van der Waals surface area contributed by atoms with Gasteiger partial charge in [-0.1, -0.05) is 48.0 Å². The molecule has 0 atom stereocenters. The zero-order valence-electron chi connectivity index (χ0n) is 20.8. The third-order valence-electron chi connectivity index (χ3n) is 6.79. The molecule has 3 N–H and O–H groups in total. The molecule has 7 nitrogen and oxygen atoms in total. The molecule has 8 heteroatoms. The molecule has 0 bridgehead atoms. The van der Waals surface area contributed by atoms with Crippen LogP contribution in [0.25, 0.3) is 11.3 Å². The Balaban J connectivity index is 1.36. The van der Waals surface area contributed by atoms with Crippen LogP contribution in [-0.2, 0) is 9.59 Å². The SMILES string of the molecule is CN(C(=O)CCN1CCNCC1)c1ccc(NC(=C2C(=O)Nc3cc(Cl)ccc32)c2ccccc2)cc1. The molecule has 0 aliphatic carbocycles. The Morgan fingerprint density at radius 1 is 1.03 bits per heavy atom. The molecule has 2 aliphatic heterocycles. The van der Waals surface area contributed by atoms with Crippen LogP contribution >= 0.6 is 11.6 Å². The Hall–Kier alpha value is -3.65. The lowest BCUT2D eigenvalue weighted by atomic mass is 10.00. The fourth-order valence-corrected chi connectivity index (χ4v) is 4.86. The third-order valence-corrected chi connectivity index (χ3v) is 7.02. The molecule has 1 saturated heterocycles. The van der Waals surface area contributed by atoms with Crippen molar-refractivity contribution in [3.8, 4) is 0 Å². The van der Waals surface area contributed by atoms with Crippen LogP contribution in [0.2, 0.25) is 5.02 Å². The Bertz CT molecular complexity index is 1320. The van der Waals surface area contributed by atoms with Gasteiger partial charge >= 0.3 is 0 Å². The third kappa shape index (κ3) is 5.69. The van der Waals surface area contributed by atoms with Crippen LogP contribution in [0.1, 0.15) is 17.5 Å². The van der Waals surface area contributed by atoms with E-state index in [1.165, 1.54) is 0 Å². The van der Waals surface area contributed by atoms with Crippen LogP contribution in [0.15, 0.2) is 72.8 Å². The first-order valence-corrected chi connectivity index (χ1v) is 12.8. The highest BCUT2D eigenvalue weighted by Gasteiger charge is 2.28. The fourth-order valence-electron chi connectivity index (χ4n) is 4.69. The van der Waals surface area contributed by atoms with Gasteiger partial charge in [-0.2, -0.15) is 0 Å². The van der Waals surface area contributed by atoms with E-state index in [1.54, 1.807) is 17.0 Å². The molecular weight excluding hydrogens is 486 g/mol. The molecule has 0 aromatic heterocycles. The molecule has 3 aromatic rings. The van der Waals surface area contributed by atoms with Gasteiger partial charge in [-0.25, -0.2) is 0 Å². The molecule has 3 aromatic carbocycles. The molecule has 1 fully saturated rings. The van der Waals surface area contributed by atoms with Gasteiger partial charge in [-0.05, 0) is 42.0 Å². The summed E-state index contributed by atoms with van der Waals surface area (Å²) in [6, 6.07) is 22.9. The van der Waals surface area contributed by atoms with E-state index in [4.69, 9.17) is 11.6 Å². The minimum absolute atomic E-state index is 0.0872. The van der Waals surface area contributed by atoms with E-state index in [0.717, 1.165) is 55.2 Å². The molecule has 5 rings (SSSR count). The van der Waals surface area contributed by atoms with Crippen molar-refractivity contribution in [2.45, 2.75) is 6.42 Å². The minimum atomic E-state index is -0.185. The maximum atomic E-state index is 13.0. The van der Waals surface area contributed by atoms with E-state index in [9.17, 15) is 9.59 Å². The van der Waals surface area contributed by atoms with E-state index >= 15 is 0 Å². The molecule has 190 valence electrons. The highest BCUT2D eigenvalue weighted by molar-refractivity contribution is 6.38. The van der Waals surface area contributed by atoms with Crippen LogP contribution in [0.4, 0.5) is 17.1 Å². The molecule has 0 saturated carbocycles. The number of fused-ring (bicyclic) bond motifs is 1. The number of benzene rings is 3. The lowest BCUT2D eigenvalue weighted by Gasteiger charge is -2.27. The zero-order chi connectivity index (χ0) is 25.8. The summed E-state index contributed by atoms with van der Waals surface area (Å²) in [5.41, 5.74) is 5.27. The van der Waals surface area contributed by atoms with Gasteiger partial charge in [0.25, 0.3) is 5.91 Å². The summed E-state index contributed by atoms with van der Waals surface area (Å²) >= 11 is 6.15. The number of nitrogens with zero attached hydrogens (tertiary/aromatic N) is 2. The minimum Gasteiger partial charge on any atom is -0.354 e. The Labute approximate surface area is 222 Å². The second kappa shape index (κ2) is 11.2. The Kier molecular flexibility index (Phi) is 7.55. The lowest BCUT2D eigenvalue weighted by Crippen LogP contribution is -2.44. The van der Waals surface area contributed by atoms with Gasteiger partial charge in [0.1, 0.15) is 0 Å². The molecule has 0 radical (unpaired) electrons. The molecule has 2 aliphatic rings. The number of halogens is 1. The lowest BCUT2D eigenvalue weighted by molar-refractivity contribution is -0.118. The Morgan fingerprint density at radius 3 is 2.49 bits per heavy atom. The van der Waals surface area contributed by atoms with Crippen LogP contribution in [0.3, 0.4) is 0 Å². The average molecular weight is 516 g/mol. The summed E-state index contributed by atoms with van der Waals surface area (Å²) in [4.78, 5) is 29.9. The number of piperazine rings is 1. The van der Waals surface area contributed by atoms with Gasteiger partial charge in [0.05, 0.1) is 17.0 Å². The van der Waals surface area contributed by atoms with E-state index in [-0.39, 0.29) is 11.8 Å². The summed E-state index contributed by atoms with van der Waals surface area (Å²) in [7, 11) is 1.81. The van der Waals surface area contributed by atoms with Gasteiger partial charge < -0.3 is 25.8 Å². The molecular formula is C29H30ClN5O2. The summed E-state index contributed by atoms with van der Waals surface area (Å²) in [6.45, 7) is 4.67. The highest BCUT2D eigenvalue weighted by Crippen LogP contribution is 2.38. The fraction of sp³-hybridized carbons (Fsp3) is 0.241. The van der Waals surface area contributed by atoms with Crippen LogP contribution < -0.4 is 20.9 Å². The number of carbonyl (C=O) groups excluding carboxylic acids is 2. The van der Waals surface area contributed by atoms with Gasteiger partial charge in [-0.15, -0.1) is 0 Å². The number of carbonyl (C=O) groups is 2. The molecule has 0 spiro atoms. The van der Waals surface area contributed by atoms with Crippen molar-refractivity contribution in [3.63, 3.8) is 0 Å². The summed E-state index contributed by atoms with van der Waals surface area (Å²) < 4.78 is 0. The maximum absolute atomic E-state index is 13.0. The van der Waals surface area contributed by atoms with Crippen LogP contribution in [-0.4, -0.2) is 56.5 Å². The van der Waals surface area contributed by atoms with Crippen molar-refractivity contribution in [1.29, 1.82) is 0 Å². The second-order valence-electron chi connectivity index (χ2n) is 9.23. The van der Waals surface area contributed by atoms with Crippen LogP contribution in [0, 0.1) is 0 Å². The smallest absolute Gasteiger partial charge is 0.258 e. The number of hydrogen-bond acceptors (Lipinski definition) is 5. The van der Waals surface area contributed by atoms with Crippen molar-refractivity contribution in [3.05, 3.63) is 88.9 Å². The van der Waals surface area contributed by atoms with Crippen molar-refractivity contribution < 1.29 is 9.59 Å². The van der Waals surface area contributed by atoms with Crippen molar-refractivity contribution >= 4 is 51.7 Å². The number of amides is 2. The first kappa shape index (κ1) is 25.0. The predicted molar refractivity (Wildman–Crippen MR) is 151 cm³/mol. The van der Waals surface area contributed by atoms with E-state index in [1.807, 2.05) is 67.7 Å². The molecule has 2 heterocycles. The van der Waals surface area contributed by atoms with Gasteiger partial charge in [0.15, 0.2) is 0 Å². The second-order valence-corrected chi connectivity index (χ2v) is 9.66. The summed E-state index contributed by atoms with van der Waals surface area (Å²) in [6.07, 6.45) is 0.485. The monoisotopic (exact) mass is 515 g/mol. The van der Waals surface area contributed by atoms with Gasteiger partial charge in [-0.3, -0.25) is 9.59 Å². The topological polar surface area (TPSA) is 76.7 Å². The summed E-state index contributed by atoms with van der Waals surface area (Å²) in [5, 5.41) is 10.3. The predicted octanol–water partition coefficient (Wildman–Crippen LogP) is 4.53. The van der Waals surface area contributed by atoms with Gasteiger partial charge in [0, 0.05) is 68.2 Å². The van der Waals surface area contributed by atoms with Crippen molar-refractivity contribution in [2.24, 2.45) is 0 Å². The average Bonchev–Trinajstić information content (AvgIpc) is 3.25.